The molecule has 1 aliphatic rings. The van der Waals surface area contributed by atoms with Gasteiger partial charge in [-0.05, 0) is 6.42 Å². The Hall–Kier alpha value is -0.710. The SMILES string of the molecule is CCCCCCCCCNC(=O)CN1CSCC1=O. The van der Waals surface area contributed by atoms with E-state index in [0.29, 0.717) is 11.6 Å². The van der Waals surface area contributed by atoms with Crippen LogP contribution in [0.2, 0.25) is 0 Å². The number of thioether (sulfide) groups is 1. The second kappa shape index (κ2) is 10.1. The van der Waals surface area contributed by atoms with Crippen LogP contribution in [0.4, 0.5) is 0 Å². The summed E-state index contributed by atoms with van der Waals surface area (Å²) in [6.07, 6.45) is 8.74. The average molecular weight is 286 g/mol. The number of carbonyl (C=O) groups excluding carboxylic acids is 2. The zero-order valence-electron chi connectivity index (χ0n) is 12.0. The number of rotatable bonds is 10. The van der Waals surface area contributed by atoms with Crippen LogP contribution in [0.1, 0.15) is 51.9 Å². The third-order valence-corrected chi connectivity index (χ3v) is 4.21. The molecule has 0 aromatic carbocycles. The van der Waals surface area contributed by atoms with Gasteiger partial charge in [0.1, 0.15) is 6.54 Å². The number of amides is 2. The van der Waals surface area contributed by atoms with Gasteiger partial charge in [-0.1, -0.05) is 45.4 Å². The molecule has 2 amide bonds. The predicted octanol–water partition coefficient (Wildman–Crippen LogP) is 2.39. The minimum absolute atomic E-state index is 0.0261. The standard InChI is InChI=1S/C14H26N2O2S/c1-2-3-4-5-6-7-8-9-15-13(17)10-16-12-19-11-14(16)18/h2-12H2,1H3,(H,15,17). The van der Waals surface area contributed by atoms with Gasteiger partial charge in [-0.25, -0.2) is 0 Å². The molecule has 0 aliphatic carbocycles. The van der Waals surface area contributed by atoms with Gasteiger partial charge in [-0.15, -0.1) is 11.8 Å². The number of nitrogens with one attached hydrogen (secondary N) is 1. The molecule has 0 aromatic heterocycles. The molecule has 0 spiro atoms. The molecule has 0 bridgehead atoms. The van der Waals surface area contributed by atoms with Crippen LogP contribution in [-0.4, -0.2) is 41.4 Å². The van der Waals surface area contributed by atoms with Crippen LogP contribution in [-0.2, 0) is 9.59 Å². The van der Waals surface area contributed by atoms with Crippen LogP contribution in [0.5, 0.6) is 0 Å². The molecule has 4 nitrogen and oxygen atoms in total. The molecule has 1 heterocycles. The van der Waals surface area contributed by atoms with E-state index >= 15 is 0 Å². The van der Waals surface area contributed by atoms with Gasteiger partial charge in [-0.2, -0.15) is 0 Å². The third kappa shape index (κ3) is 7.45. The van der Waals surface area contributed by atoms with Crippen LogP contribution < -0.4 is 5.32 Å². The number of hydrogen-bond donors (Lipinski definition) is 1. The first kappa shape index (κ1) is 16.3. The topological polar surface area (TPSA) is 49.4 Å². The van der Waals surface area contributed by atoms with Crippen molar-refractivity contribution in [3.8, 4) is 0 Å². The fraction of sp³-hybridized carbons (Fsp3) is 0.857. The van der Waals surface area contributed by atoms with Crippen molar-refractivity contribution >= 4 is 23.6 Å². The summed E-state index contributed by atoms with van der Waals surface area (Å²) in [5.74, 6) is 1.23. The molecule has 5 heteroatoms. The van der Waals surface area contributed by atoms with E-state index in [2.05, 4.69) is 12.2 Å². The number of unbranched alkanes of at least 4 members (excludes halogenated alkanes) is 6. The van der Waals surface area contributed by atoms with Crippen molar-refractivity contribution in [2.75, 3.05) is 24.7 Å². The molecule has 1 N–H and O–H groups in total. The van der Waals surface area contributed by atoms with Crippen molar-refractivity contribution in [3.05, 3.63) is 0 Å². The quantitative estimate of drug-likeness (QED) is 0.627. The number of carbonyl (C=O) groups is 2. The fourth-order valence-electron chi connectivity index (χ4n) is 2.08. The van der Waals surface area contributed by atoms with E-state index in [1.54, 1.807) is 16.7 Å². The highest BCUT2D eigenvalue weighted by Gasteiger charge is 2.22. The van der Waals surface area contributed by atoms with Gasteiger partial charge in [-0.3, -0.25) is 9.59 Å². The van der Waals surface area contributed by atoms with Crippen molar-refractivity contribution < 1.29 is 9.59 Å². The minimum Gasteiger partial charge on any atom is -0.355 e. The molecule has 110 valence electrons. The Morgan fingerprint density at radius 2 is 1.89 bits per heavy atom. The van der Waals surface area contributed by atoms with Crippen LogP contribution in [0.25, 0.3) is 0 Å². The van der Waals surface area contributed by atoms with E-state index in [-0.39, 0.29) is 18.4 Å². The summed E-state index contributed by atoms with van der Waals surface area (Å²) in [6, 6.07) is 0. The first-order valence-electron chi connectivity index (χ1n) is 7.36. The lowest BCUT2D eigenvalue weighted by Gasteiger charge is -2.14. The van der Waals surface area contributed by atoms with Crippen molar-refractivity contribution in [2.45, 2.75) is 51.9 Å². The Labute approximate surface area is 120 Å². The molecule has 1 fully saturated rings. The van der Waals surface area contributed by atoms with Crippen LogP contribution in [0, 0.1) is 0 Å². The molecular weight excluding hydrogens is 260 g/mol. The molecule has 0 unspecified atom stereocenters. The molecule has 0 aromatic rings. The van der Waals surface area contributed by atoms with Gasteiger partial charge >= 0.3 is 0 Å². The Kier molecular flexibility index (Phi) is 8.71. The fourth-order valence-corrected chi connectivity index (χ4v) is 2.98. The van der Waals surface area contributed by atoms with Gasteiger partial charge in [0.2, 0.25) is 11.8 Å². The summed E-state index contributed by atoms with van der Waals surface area (Å²) in [5.41, 5.74) is 0. The monoisotopic (exact) mass is 286 g/mol. The third-order valence-electron chi connectivity index (χ3n) is 3.26. The summed E-state index contributed by atoms with van der Waals surface area (Å²) in [5, 5.41) is 2.89. The number of nitrogens with zero attached hydrogens (tertiary/aromatic N) is 1. The maximum absolute atomic E-state index is 11.6. The lowest BCUT2D eigenvalue weighted by molar-refractivity contribution is -0.132. The summed E-state index contributed by atoms with van der Waals surface area (Å²) in [4.78, 5) is 24.6. The van der Waals surface area contributed by atoms with Crippen molar-refractivity contribution in [3.63, 3.8) is 0 Å². The zero-order valence-corrected chi connectivity index (χ0v) is 12.8. The zero-order chi connectivity index (χ0) is 13.9. The average Bonchev–Trinajstić information content (AvgIpc) is 2.78. The Balaban J connectivity index is 1.91. The lowest BCUT2D eigenvalue weighted by atomic mass is 10.1. The van der Waals surface area contributed by atoms with E-state index in [0.717, 1.165) is 13.0 Å². The Bertz CT molecular complexity index is 285. The summed E-state index contributed by atoms with van der Waals surface area (Å²) < 4.78 is 0. The first-order valence-corrected chi connectivity index (χ1v) is 8.51. The molecule has 1 rings (SSSR count). The van der Waals surface area contributed by atoms with Crippen LogP contribution in [0.15, 0.2) is 0 Å². The second-order valence-corrected chi connectivity index (χ2v) is 6.00. The van der Waals surface area contributed by atoms with Crippen LogP contribution in [0.3, 0.4) is 0 Å². The Morgan fingerprint density at radius 1 is 1.21 bits per heavy atom. The highest BCUT2D eigenvalue weighted by Crippen LogP contribution is 2.13. The van der Waals surface area contributed by atoms with Gasteiger partial charge in [0.15, 0.2) is 0 Å². The smallest absolute Gasteiger partial charge is 0.239 e. The minimum atomic E-state index is -0.0261. The maximum Gasteiger partial charge on any atom is 0.239 e. The van der Waals surface area contributed by atoms with E-state index in [4.69, 9.17) is 0 Å². The summed E-state index contributed by atoms with van der Waals surface area (Å²) in [6.45, 7) is 3.18. The summed E-state index contributed by atoms with van der Waals surface area (Å²) >= 11 is 1.57. The largest absolute Gasteiger partial charge is 0.355 e. The van der Waals surface area contributed by atoms with Crippen molar-refractivity contribution in [1.82, 2.24) is 10.2 Å². The predicted molar refractivity (Wildman–Crippen MR) is 80.0 cm³/mol. The van der Waals surface area contributed by atoms with Crippen LogP contribution >= 0.6 is 11.8 Å². The van der Waals surface area contributed by atoms with E-state index in [1.807, 2.05) is 0 Å². The maximum atomic E-state index is 11.6. The molecular formula is C14H26N2O2S. The molecule has 19 heavy (non-hydrogen) atoms. The highest BCUT2D eigenvalue weighted by atomic mass is 32.2. The normalized spacial score (nSPS) is 15.0. The van der Waals surface area contributed by atoms with E-state index < -0.39 is 0 Å². The first-order chi connectivity index (χ1) is 9.24. The molecule has 0 saturated carbocycles. The second-order valence-electron chi connectivity index (χ2n) is 5.04. The van der Waals surface area contributed by atoms with E-state index in [9.17, 15) is 9.59 Å². The summed E-state index contributed by atoms with van der Waals surface area (Å²) in [7, 11) is 0. The number of hydrogen-bond acceptors (Lipinski definition) is 3. The van der Waals surface area contributed by atoms with E-state index in [1.165, 1.54) is 38.5 Å². The highest BCUT2D eigenvalue weighted by molar-refractivity contribution is 8.00. The molecule has 0 radical (unpaired) electrons. The lowest BCUT2D eigenvalue weighted by Crippen LogP contribution is -2.38. The van der Waals surface area contributed by atoms with Gasteiger partial charge in [0.25, 0.3) is 0 Å². The molecule has 1 saturated heterocycles. The molecule has 1 aliphatic heterocycles. The molecule has 0 atom stereocenters. The van der Waals surface area contributed by atoms with Crippen molar-refractivity contribution in [2.24, 2.45) is 0 Å². The Morgan fingerprint density at radius 3 is 2.53 bits per heavy atom. The van der Waals surface area contributed by atoms with Gasteiger partial charge in [0, 0.05) is 6.54 Å². The van der Waals surface area contributed by atoms with Crippen molar-refractivity contribution in [1.29, 1.82) is 0 Å². The van der Waals surface area contributed by atoms with Gasteiger partial charge < -0.3 is 10.2 Å². The van der Waals surface area contributed by atoms with Gasteiger partial charge in [0.05, 0.1) is 11.6 Å².